The van der Waals surface area contributed by atoms with Gasteiger partial charge in [0.2, 0.25) is 0 Å². The average Bonchev–Trinajstić information content (AvgIpc) is 2.83. The third-order valence-corrected chi connectivity index (χ3v) is 7.17. The zero-order chi connectivity index (χ0) is 22.2. The summed E-state index contributed by atoms with van der Waals surface area (Å²) in [5.74, 6) is 2.07. The number of benzene rings is 2. The molecule has 0 amide bonds. The van der Waals surface area contributed by atoms with Crippen LogP contribution in [0, 0.1) is 5.92 Å². The lowest BCUT2D eigenvalue weighted by molar-refractivity contribution is 0.335. The topological polar surface area (TPSA) is 33.6 Å². The van der Waals surface area contributed by atoms with Gasteiger partial charge in [0.15, 0.2) is 0 Å². The van der Waals surface area contributed by atoms with E-state index in [4.69, 9.17) is 4.74 Å². The second-order valence-corrected chi connectivity index (χ2v) is 8.68. The molecule has 2 aliphatic rings. The summed E-state index contributed by atoms with van der Waals surface area (Å²) < 4.78 is 5.74. The minimum atomic E-state index is 0.430. The third kappa shape index (κ3) is 5.13. The lowest BCUT2D eigenvalue weighted by Gasteiger charge is -2.36. The highest BCUT2D eigenvalue weighted by Crippen LogP contribution is 2.53. The summed E-state index contributed by atoms with van der Waals surface area (Å²) in [4.78, 5) is 6.71. The predicted octanol–water partition coefficient (Wildman–Crippen LogP) is 6.94. The number of allylic oxidation sites excluding steroid dienone is 2. The van der Waals surface area contributed by atoms with Crippen molar-refractivity contribution >= 4 is 23.5 Å². The SMILES string of the molecule is C=CN=C/C=C(\C)c1ccc2c(c1)Sc1c(OC)cccc1C2C1CCNCC1.CC. The molecule has 0 aromatic heterocycles. The molecule has 2 heterocycles. The Kier molecular flexibility index (Phi) is 8.56. The van der Waals surface area contributed by atoms with Gasteiger partial charge >= 0.3 is 0 Å². The van der Waals surface area contributed by atoms with E-state index in [1.165, 1.54) is 44.9 Å². The van der Waals surface area contributed by atoms with E-state index in [-0.39, 0.29) is 0 Å². The molecule has 4 rings (SSSR count). The van der Waals surface area contributed by atoms with E-state index >= 15 is 0 Å². The largest absolute Gasteiger partial charge is 0.496 e. The van der Waals surface area contributed by atoms with Gasteiger partial charge in [-0.3, -0.25) is 4.99 Å². The fourth-order valence-electron chi connectivity index (χ4n) is 4.45. The molecule has 1 saturated heterocycles. The highest BCUT2D eigenvalue weighted by molar-refractivity contribution is 7.99. The van der Waals surface area contributed by atoms with Gasteiger partial charge in [-0.1, -0.05) is 56.5 Å². The van der Waals surface area contributed by atoms with Gasteiger partial charge in [-0.25, -0.2) is 0 Å². The molecular formula is C27H34N2OS. The Hall–Kier alpha value is -2.30. The fourth-order valence-corrected chi connectivity index (χ4v) is 5.73. The Balaban J connectivity index is 0.00000132. The Labute approximate surface area is 191 Å². The lowest BCUT2D eigenvalue weighted by atomic mass is 9.75. The number of piperidine rings is 1. The van der Waals surface area contributed by atoms with E-state index in [2.05, 4.69) is 60.2 Å². The fraction of sp³-hybridized carbons (Fsp3) is 0.370. The maximum absolute atomic E-state index is 5.74. The highest BCUT2D eigenvalue weighted by Gasteiger charge is 2.34. The zero-order valence-corrected chi connectivity index (χ0v) is 20.0. The molecule has 4 heteroatoms. The quantitative estimate of drug-likeness (QED) is 0.518. The third-order valence-electron chi connectivity index (χ3n) is 5.95. The van der Waals surface area contributed by atoms with Gasteiger partial charge < -0.3 is 10.1 Å². The van der Waals surface area contributed by atoms with Gasteiger partial charge in [-0.15, -0.1) is 0 Å². The molecule has 0 saturated carbocycles. The first-order valence-electron chi connectivity index (χ1n) is 11.2. The molecule has 1 fully saturated rings. The Bertz CT molecular complexity index is 958. The molecular weight excluding hydrogens is 400 g/mol. The first kappa shape index (κ1) is 23.4. The van der Waals surface area contributed by atoms with Crippen LogP contribution < -0.4 is 10.1 Å². The van der Waals surface area contributed by atoms with Crippen molar-refractivity contribution in [2.75, 3.05) is 20.2 Å². The molecule has 31 heavy (non-hydrogen) atoms. The molecule has 2 aliphatic heterocycles. The molecule has 2 aromatic rings. The molecule has 0 radical (unpaired) electrons. The van der Waals surface area contributed by atoms with Crippen molar-refractivity contribution in [3.8, 4) is 5.75 Å². The van der Waals surface area contributed by atoms with Gasteiger partial charge in [0, 0.05) is 23.2 Å². The minimum Gasteiger partial charge on any atom is -0.496 e. The van der Waals surface area contributed by atoms with Crippen LogP contribution in [-0.4, -0.2) is 26.4 Å². The summed E-state index contributed by atoms with van der Waals surface area (Å²) in [5.41, 5.74) is 5.31. The van der Waals surface area contributed by atoms with Crippen molar-refractivity contribution in [1.29, 1.82) is 0 Å². The van der Waals surface area contributed by atoms with Crippen molar-refractivity contribution in [3.63, 3.8) is 0 Å². The number of nitrogens with one attached hydrogen (secondary N) is 1. The van der Waals surface area contributed by atoms with Crippen LogP contribution in [-0.2, 0) is 0 Å². The van der Waals surface area contributed by atoms with E-state index < -0.39 is 0 Å². The number of nitrogens with zero attached hydrogens (tertiary/aromatic N) is 1. The first-order chi connectivity index (χ1) is 15.2. The summed E-state index contributed by atoms with van der Waals surface area (Å²) >= 11 is 1.84. The van der Waals surface area contributed by atoms with Crippen molar-refractivity contribution in [2.45, 2.75) is 49.3 Å². The number of hydrogen-bond donors (Lipinski definition) is 1. The normalized spacial score (nSPS) is 18.6. The van der Waals surface area contributed by atoms with Gasteiger partial charge in [-0.05, 0) is 79.2 Å². The standard InChI is InChI=1S/C25H28N2OS.C2H6/c1-4-26-13-10-17(2)19-8-9-20-23(16-19)29-25-21(6-5-7-22(25)28-3)24(20)18-11-14-27-15-12-18;1-2/h4-10,13,16,18,24,27H,1,11-12,14-15H2,2-3H3;1-2H3/b17-10+,26-13?;. The molecule has 3 nitrogen and oxygen atoms in total. The molecule has 2 aromatic carbocycles. The minimum absolute atomic E-state index is 0.430. The molecule has 0 bridgehead atoms. The molecule has 1 atom stereocenters. The predicted molar refractivity (Wildman–Crippen MR) is 135 cm³/mol. The second-order valence-electron chi connectivity index (χ2n) is 7.63. The van der Waals surface area contributed by atoms with Crippen molar-refractivity contribution in [2.24, 2.45) is 10.9 Å². The van der Waals surface area contributed by atoms with Crippen LogP contribution >= 0.6 is 11.8 Å². The van der Waals surface area contributed by atoms with Crippen LogP contribution in [0.15, 0.2) is 70.0 Å². The smallest absolute Gasteiger partial charge is 0.133 e. The average molecular weight is 435 g/mol. The first-order valence-corrected chi connectivity index (χ1v) is 12.1. The van der Waals surface area contributed by atoms with Crippen LogP contribution in [0.1, 0.15) is 56.2 Å². The van der Waals surface area contributed by atoms with Crippen molar-refractivity contribution in [1.82, 2.24) is 5.32 Å². The Morgan fingerprint density at radius 2 is 1.94 bits per heavy atom. The van der Waals surface area contributed by atoms with Crippen LogP contribution in [0.4, 0.5) is 0 Å². The van der Waals surface area contributed by atoms with E-state index in [0.29, 0.717) is 11.8 Å². The number of hydrogen-bond acceptors (Lipinski definition) is 4. The van der Waals surface area contributed by atoms with Crippen molar-refractivity contribution in [3.05, 3.63) is 71.9 Å². The molecule has 0 spiro atoms. The number of methoxy groups -OCH3 is 1. The zero-order valence-electron chi connectivity index (χ0n) is 19.2. The molecule has 164 valence electrons. The van der Waals surface area contributed by atoms with Crippen LogP contribution in [0.2, 0.25) is 0 Å². The summed E-state index contributed by atoms with van der Waals surface area (Å²) in [6.07, 6.45) is 7.81. The second kappa shape index (κ2) is 11.4. The number of aliphatic imine (C=N–C) groups is 1. The van der Waals surface area contributed by atoms with Gasteiger partial charge in [0.25, 0.3) is 0 Å². The van der Waals surface area contributed by atoms with Gasteiger partial charge in [-0.2, -0.15) is 0 Å². The Morgan fingerprint density at radius 3 is 2.65 bits per heavy atom. The van der Waals surface area contributed by atoms with E-state index in [1.807, 2.05) is 31.7 Å². The summed E-state index contributed by atoms with van der Waals surface area (Å²) in [6.45, 7) is 12.0. The molecule has 1 N–H and O–H groups in total. The van der Waals surface area contributed by atoms with Gasteiger partial charge in [0.05, 0.1) is 12.0 Å². The summed E-state index contributed by atoms with van der Waals surface area (Å²) in [5, 5.41) is 3.52. The summed E-state index contributed by atoms with van der Waals surface area (Å²) in [6, 6.07) is 13.4. The number of ether oxygens (including phenoxy) is 1. The number of fused-ring (bicyclic) bond motifs is 2. The highest BCUT2D eigenvalue weighted by atomic mass is 32.2. The maximum Gasteiger partial charge on any atom is 0.133 e. The van der Waals surface area contributed by atoms with E-state index in [9.17, 15) is 0 Å². The van der Waals surface area contributed by atoms with E-state index in [0.717, 1.165) is 18.8 Å². The monoisotopic (exact) mass is 434 g/mol. The lowest BCUT2D eigenvalue weighted by Crippen LogP contribution is -2.32. The summed E-state index contributed by atoms with van der Waals surface area (Å²) in [7, 11) is 1.77. The molecule has 1 unspecified atom stereocenters. The van der Waals surface area contributed by atoms with E-state index in [1.54, 1.807) is 19.5 Å². The number of rotatable bonds is 5. The Morgan fingerprint density at radius 1 is 1.16 bits per heavy atom. The van der Waals surface area contributed by atoms with Crippen LogP contribution in [0.3, 0.4) is 0 Å². The molecule has 0 aliphatic carbocycles. The van der Waals surface area contributed by atoms with Gasteiger partial charge in [0.1, 0.15) is 5.75 Å². The van der Waals surface area contributed by atoms with Crippen LogP contribution in [0.5, 0.6) is 5.75 Å². The van der Waals surface area contributed by atoms with Crippen LogP contribution in [0.25, 0.3) is 5.57 Å². The maximum atomic E-state index is 5.74. The van der Waals surface area contributed by atoms with Crippen molar-refractivity contribution < 1.29 is 4.74 Å².